The summed E-state index contributed by atoms with van der Waals surface area (Å²) in [6.07, 6.45) is 5.81. The normalized spacial score (nSPS) is 14.4. The lowest BCUT2D eigenvalue weighted by Crippen LogP contribution is -2.50. The highest BCUT2D eigenvalue weighted by Crippen LogP contribution is 2.31. The van der Waals surface area contributed by atoms with Crippen LogP contribution in [0.25, 0.3) is 11.0 Å². The number of benzene rings is 3. The lowest BCUT2D eigenvalue weighted by atomic mass is 9.94. The molecule has 8 heteroatoms. The number of hydrogen-bond donors (Lipinski definition) is 1. The summed E-state index contributed by atoms with van der Waals surface area (Å²) < 4.78 is 5.81. The third-order valence-corrected chi connectivity index (χ3v) is 7.48. The van der Waals surface area contributed by atoms with E-state index < -0.39 is 29.1 Å². The van der Waals surface area contributed by atoms with Gasteiger partial charge in [0.05, 0.1) is 10.9 Å². The van der Waals surface area contributed by atoms with Gasteiger partial charge in [-0.1, -0.05) is 78.9 Å². The zero-order valence-corrected chi connectivity index (χ0v) is 22.8. The Hall–Kier alpha value is -4.23. The van der Waals surface area contributed by atoms with Crippen LogP contribution in [0.15, 0.2) is 88.3 Å². The molecule has 1 N–H and O–H groups in total. The first-order valence-corrected chi connectivity index (χ1v) is 13.7. The van der Waals surface area contributed by atoms with Crippen molar-refractivity contribution < 1.29 is 18.8 Å². The monoisotopic (exact) mass is 556 g/mol. The average Bonchev–Trinajstić information content (AvgIpc) is 2.97. The van der Waals surface area contributed by atoms with Crippen LogP contribution in [0.1, 0.15) is 59.6 Å². The van der Waals surface area contributed by atoms with E-state index in [0.29, 0.717) is 10.6 Å². The minimum Gasteiger partial charge on any atom is -0.464 e. The summed E-state index contributed by atoms with van der Waals surface area (Å²) in [6.45, 7) is 1.85. The van der Waals surface area contributed by atoms with Gasteiger partial charge in [0.25, 0.3) is 11.7 Å². The van der Waals surface area contributed by atoms with E-state index in [9.17, 15) is 19.2 Å². The van der Waals surface area contributed by atoms with Crippen molar-refractivity contribution in [3.05, 3.63) is 111 Å². The zero-order chi connectivity index (χ0) is 28.2. The van der Waals surface area contributed by atoms with Gasteiger partial charge >= 0.3 is 0 Å². The van der Waals surface area contributed by atoms with Crippen molar-refractivity contribution in [3.8, 4) is 0 Å². The quantitative estimate of drug-likeness (QED) is 0.217. The summed E-state index contributed by atoms with van der Waals surface area (Å²) in [5.41, 5.74) is 1.04. The second kappa shape index (κ2) is 11.9. The van der Waals surface area contributed by atoms with E-state index >= 15 is 0 Å². The van der Waals surface area contributed by atoms with Crippen LogP contribution in [0.3, 0.4) is 0 Å². The summed E-state index contributed by atoms with van der Waals surface area (Å²) in [4.78, 5) is 56.6. The predicted octanol–water partition coefficient (Wildman–Crippen LogP) is 6.16. The van der Waals surface area contributed by atoms with Crippen molar-refractivity contribution in [2.75, 3.05) is 4.90 Å². The molecule has 7 nitrogen and oxygen atoms in total. The SMILES string of the molecule is Cc1ccc2occ(C(C(=O)NC3CCCCC3)N(C(=O)C(=O)c3ccccc3)c3cccc(Cl)c3)c(=O)c2c1. The van der Waals surface area contributed by atoms with Crippen LogP contribution in [0.5, 0.6) is 0 Å². The van der Waals surface area contributed by atoms with Gasteiger partial charge in [0, 0.05) is 22.3 Å². The number of anilines is 1. The topological polar surface area (TPSA) is 96.7 Å². The molecule has 1 fully saturated rings. The second-order valence-electron chi connectivity index (χ2n) is 10.1. The smallest absolute Gasteiger partial charge is 0.300 e. The number of hydrogen-bond acceptors (Lipinski definition) is 5. The Kier molecular flexibility index (Phi) is 8.12. The van der Waals surface area contributed by atoms with Crippen LogP contribution in [0.2, 0.25) is 5.02 Å². The van der Waals surface area contributed by atoms with Crippen LogP contribution in [0.4, 0.5) is 5.69 Å². The summed E-state index contributed by atoms with van der Waals surface area (Å²) in [5.74, 6) is -2.36. The first-order valence-electron chi connectivity index (χ1n) is 13.3. The molecule has 1 atom stereocenters. The van der Waals surface area contributed by atoms with Crippen molar-refractivity contribution in [2.24, 2.45) is 0 Å². The fraction of sp³-hybridized carbons (Fsp3) is 0.250. The maximum absolute atomic E-state index is 14.1. The Labute approximate surface area is 236 Å². The molecule has 0 bridgehead atoms. The number of halogens is 1. The number of carbonyl (C=O) groups excluding carboxylic acids is 3. The van der Waals surface area contributed by atoms with Crippen molar-refractivity contribution in [2.45, 2.75) is 51.1 Å². The van der Waals surface area contributed by atoms with Gasteiger partial charge in [-0.05, 0) is 50.1 Å². The lowest BCUT2D eigenvalue weighted by molar-refractivity contribution is -0.126. The fourth-order valence-corrected chi connectivity index (χ4v) is 5.39. The van der Waals surface area contributed by atoms with Crippen molar-refractivity contribution in [1.29, 1.82) is 0 Å². The Morgan fingerprint density at radius 1 is 0.950 bits per heavy atom. The molecule has 40 heavy (non-hydrogen) atoms. The van der Waals surface area contributed by atoms with Crippen LogP contribution in [-0.4, -0.2) is 23.6 Å². The Morgan fingerprint density at radius 2 is 1.70 bits per heavy atom. The highest BCUT2D eigenvalue weighted by Gasteiger charge is 2.39. The van der Waals surface area contributed by atoms with Gasteiger partial charge in [-0.15, -0.1) is 0 Å². The number of nitrogens with zero attached hydrogens (tertiary/aromatic N) is 1. The highest BCUT2D eigenvalue weighted by atomic mass is 35.5. The van der Waals surface area contributed by atoms with Crippen molar-refractivity contribution in [3.63, 3.8) is 0 Å². The van der Waals surface area contributed by atoms with Crippen LogP contribution in [-0.2, 0) is 9.59 Å². The van der Waals surface area contributed by atoms with Crippen LogP contribution < -0.4 is 15.6 Å². The molecule has 1 unspecified atom stereocenters. The number of Topliss-reactive ketones (excluding diaryl/α,β-unsaturated/α-hetero) is 1. The minimum atomic E-state index is -1.48. The minimum absolute atomic E-state index is 0.0550. The second-order valence-corrected chi connectivity index (χ2v) is 10.6. The largest absolute Gasteiger partial charge is 0.464 e. The molecule has 4 aromatic rings. The van der Waals surface area contributed by atoms with Gasteiger partial charge < -0.3 is 9.73 Å². The van der Waals surface area contributed by atoms with E-state index in [4.69, 9.17) is 16.0 Å². The fourth-order valence-electron chi connectivity index (χ4n) is 5.21. The molecule has 1 aliphatic carbocycles. The standard InChI is InChI=1S/C32H29ClN2O5/c1-20-15-16-27-25(17-20)30(37)26(19-40-27)28(31(38)34-23-12-6-3-7-13-23)35(24-14-8-11-22(33)18-24)32(39)29(36)21-9-4-2-5-10-21/h2,4-5,8-11,14-19,23,28H,3,6-7,12-13H2,1H3,(H,34,38). The van der Waals surface area contributed by atoms with Gasteiger partial charge in [-0.3, -0.25) is 24.1 Å². The molecule has 2 amide bonds. The summed E-state index contributed by atoms with van der Waals surface area (Å²) in [5, 5.41) is 3.62. The molecule has 3 aromatic carbocycles. The first kappa shape index (κ1) is 27.3. The molecular weight excluding hydrogens is 528 g/mol. The predicted molar refractivity (Wildman–Crippen MR) is 155 cm³/mol. The third kappa shape index (κ3) is 5.70. The average molecular weight is 557 g/mol. The molecule has 5 rings (SSSR count). The molecule has 0 aliphatic heterocycles. The molecule has 1 heterocycles. The van der Waals surface area contributed by atoms with Crippen LogP contribution >= 0.6 is 11.6 Å². The third-order valence-electron chi connectivity index (χ3n) is 7.24. The lowest BCUT2D eigenvalue weighted by Gasteiger charge is -2.32. The molecule has 1 aliphatic rings. The number of rotatable bonds is 7. The first-order chi connectivity index (χ1) is 19.3. The molecule has 0 spiro atoms. The summed E-state index contributed by atoms with van der Waals surface area (Å²) >= 11 is 6.30. The number of nitrogens with one attached hydrogen (secondary N) is 1. The van der Waals surface area contributed by atoms with Gasteiger partial charge in [-0.2, -0.15) is 0 Å². The number of aryl methyl sites for hydroxylation is 1. The number of fused-ring (bicyclic) bond motifs is 1. The summed E-state index contributed by atoms with van der Waals surface area (Å²) in [6, 6.07) is 18.0. The molecule has 0 saturated heterocycles. The van der Waals surface area contributed by atoms with Crippen LogP contribution in [0, 0.1) is 6.92 Å². The van der Waals surface area contributed by atoms with E-state index in [1.54, 1.807) is 48.5 Å². The van der Waals surface area contributed by atoms with E-state index in [1.807, 2.05) is 13.0 Å². The van der Waals surface area contributed by atoms with Gasteiger partial charge in [0.1, 0.15) is 17.9 Å². The maximum atomic E-state index is 14.1. The Morgan fingerprint density at radius 3 is 2.42 bits per heavy atom. The van der Waals surface area contributed by atoms with E-state index in [2.05, 4.69) is 5.32 Å². The zero-order valence-electron chi connectivity index (χ0n) is 22.1. The molecular formula is C32H29ClN2O5. The number of amides is 2. The summed E-state index contributed by atoms with van der Waals surface area (Å²) in [7, 11) is 0. The highest BCUT2D eigenvalue weighted by molar-refractivity contribution is 6.47. The molecule has 0 radical (unpaired) electrons. The number of ketones is 1. The van der Waals surface area contributed by atoms with Crippen molar-refractivity contribution >= 4 is 45.9 Å². The Balaban J connectivity index is 1.69. The van der Waals surface area contributed by atoms with Gasteiger partial charge in [0.2, 0.25) is 5.91 Å². The van der Waals surface area contributed by atoms with Crippen molar-refractivity contribution in [1.82, 2.24) is 5.32 Å². The Bertz CT molecular complexity index is 1630. The molecule has 1 aromatic heterocycles. The molecule has 1 saturated carbocycles. The van der Waals surface area contributed by atoms with E-state index in [-0.39, 0.29) is 28.2 Å². The molecule has 204 valence electrons. The van der Waals surface area contributed by atoms with E-state index in [0.717, 1.165) is 42.6 Å². The number of carbonyl (C=O) groups is 3. The van der Waals surface area contributed by atoms with Gasteiger partial charge in [0.15, 0.2) is 5.43 Å². The maximum Gasteiger partial charge on any atom is 0.300 e. The van der Waals surface area contributed by atoms with E-state index in [1.165, 1.54) is 24.5 Å². The van der Waals surface area contributed by atoms with Gasteiger partial charge in [-0.25, -0.2) is 0 Å².